The highest BCUT2D eigenvalue weighted by atomic mass is 31.3. The summed E-state index contributed by atoms with van der Waals surface area (Å²) in [7, 11) is -6.80. The molecular formula is C16H27N9O9P2. The van der Waals surface area contributed by atoms with Crippen molar-refractivity contribution in [2.24, 2.45) is 14.1 Å². The van der Waals surface area contributed by atoms with Crippen molar-refractivity contribution in [3.8, 4) is 11.5 Å². The van der Waals surface area contributed by atoms with E-state index in [1.807, 2.05) is 0 Å². The molecule has 0 amide bonds. The van der Waals surface area contributed by atoms with E-state index in [1.54, 1.807) is 29.7 Å². The normalized spacial score (nSPS) is 12.1. The maximum atomic E-state index is 11.1. The van der Waals surface area contributed by atoms with Crippen LogP contribution in [0.2, 0.25) is 0 Å². The third kappa shape index (κ3) is 7.35. The summed E-state index contributed by atoms with van der Waals surface area (Å²) in [6.45, 7) is 7.51. The van der Waals surface area contributed by atoms with Crippen LogP contribution in [-0.4, -0.2) is 77.9 Å². The van der Waals surface area contributed by atoms with E-state index < -0.39 is 20.6 Å². The van der Waals surface area contributed by atoms with Gasteiger partial charge in [-0.25, -0.2) is 28.3 Å². The van der Waals surface area contributed by atoms with Gasteiger partial charge in [0.1, 0.15) is 11.7 Å². The predicted octanol–water partition coefficient (Wildman–Crippen LogP) is 0.0882. The van der Waals surface area contributed by atoms with Crippen molar-refractivity contribution in [2.75, 3.05) is 19.6 Å². The van der Waals surface area contributed by atoms with Crippen molar-refractivity contribution >= 4 is 32.5 Å². The predicted molar refractivity (Wildman–Crippen MR) is 124 cm³/mol. The fourth-order valence-corrected chi connectivity index (χ4v) is 4.36. The molecule has 3 rings (SSSR count). The minimum atomic E-state index is -5.05. The Morgan fingerprint density at radius 3 is 2.17 bits per heavy atom. The van der Waals surface area contributed by atoms with Gasteiger partial charge in [0.15, 0.2) is 11.3 Å². The molecule has 0 saturated carbocycles. The van der Waals surface area contributed by atoms with Crippen LogP contribution in [0.25, 0.3) is 22.6 Å². The molecule has 0 fully saturated rings. The Bertz CT molecular complexity index is 1360. The number of nitrogens with zero attached hydrogens (tertiary/aromatic N) is 8. The molecule has 3 aromatic rings. The topological polar surface area (TPSA) is 248 Å². The summed E-state index contributed by atoms with van der Waals surface area (Å²) in [4.78, 5) is 52.5. The summed E-state index contributed by atoms with van der Waals surface area (Å²) in [6.07, 6.45) is 2.84. The number of nitro groups is 1. The number of likely N-dealkylation sites (N-methyl/N-ethyl adjacent to an activating group) is 1. The average molecular weight is 551 g/mol. The lowest BCUT2D eigenvalue weighted by atomic mass is 10.2. The zero-order chi connectivity index (χ0) is 27.4. The highest BCUT2D eigenvalue weighted by Crippen LogP contribution is 2.53. The Kier molecular flexibility index (Phi) is 9.39. The Hall–Kier alpha value is -2.82. The number of nitrogens with one attached hydrogen (secondary N) is 1. The quantitative estimate of drug-likeness (QED) is 0.134. The largest absolute Gasteiger partial charge is 0.478 e. The van der Waals surface area contributed by atoms with Crippen molar-refractivity contribution < 1.29 is 37.9 Å². The number of aromatic nitrogens is 6. The molecule has 0 aliphatic carbocycles. The van der Waals surface area contributed by atoms with Crippen molar-refractivity contribution in [2.45, 2.75) is 20.4 Å². The molecule has 0 bridgehead atoms. The van der Waals surface area contributed by atoms with Crippen molar-refractivity contribution in [1.82, 2.24) is 33.8 Å². The fraction of sp³-hybridized carbons (Fsp3) is 0.500. The number of hydrogen-bond donors (Lipinski definition) is 5. The highest BCUT2D eigenvalue weighted by molar-refractivity contribution is 7.60. The van der Waals surface area contributed by atoms with Crippen LogP contribution in [0.1, 0.15) is 13.8 Å². The second-order valence-corrected chi connectivity index (χ2v) is 9.92. The maximum absolute atomic E-state index is 11.1. The molecule has 0 saturated heterocycles. The summed E-state index contributed by atoms with van der Waals surface area (Å²) >= 11 is 0. The van der Waals surface area contributed by atoms with Gasteiger partial charge in [0.05, 0.1) is 18.8 Å². The standard InChI is InChI=1S/C16H23N9O2.H4O7P2/c1-5-23(6-2)7-8-24-10-19-15-12(14(24)17)13(20-22(15)4)16-18-9-11(21(16)3)25(26)27;1-8(2,3)7-9(4,5)6/h9-10,17H,5-8H2,1-4H3;(H2,1,2,3)(H2,4,5,6). The van der Waals surface area contributed by atoms with Gasteiger partial charge in [-0.3, -0.25) is 5.41 Å². The highest BCUT2D eigenvalue weighted by Gasteiger charge is 2.28. The first-order valence-electron chi connectivity index (χ1n) is 10.3. The van der Waals surface area contributed by atoms with E-state index in [1.165, 1.54) is 10.8 Å². The second kappa shape index (κ2) is 11.5. The van der Waals surface area contributed by atoms with Crippen LogP contribution in [0.5, 0.6) is 0 Å². The minimum absolute atomic E-state index is 0.131. The first-order chi connectivity index (χ1) is 16.6. The molecule has 200 valence electrons. The molecule has 3 aromatic heterocycles. The third-order valence-corrected chi connectivity index (χ3v) is 6.69. The van der Waals surface area contributed by atoms with E-state index in [2.05, 4.69) is 38.1 Å². The second-order valence-electron chi connectivity index (χ2n) is 7.30. The van der Waals surface area contributed by atoms with Crippen molar-refractivity contribution in [3.05, 3.63) is 28.1 Å². The van der Waals surface area contributed by atoms with E-state index in [0.29, 0.717) is 29.1 Å². The third-order valence-electron chi connectivity index (χ3n) is 4.99. The molecule has 36 heavy (non-hydrogen) atoms. The fourth-order valence-electron chi connectivity index (χ4n) is 3.25. The molecule has 18 nitrogen and oxygen atoms in total. The van der Waals surface area contributed by atoms with Crippen molar-refractivity contribution in [1.29, 1.82) is 5.41 Å². The Morgan fingerprint density at radius 1 is 1.14 bits per heavy atom. The van der Waals surface area contributed by atoms with Gasteiger partial charge in [0.2, 0.25) is 5.82 Å². The number of imidazole rings is 1. The lowest BCUT2D eigenvalue weighted by Gasteiger charge is -2.18. The first-order valence-corrected chi connectivity index (χ1v) is 13.3. The molecular weight excluding hydrogens is 524 g/mol. The van der Waals surface area contributed by atoms with Gasteiger partial charge >= 0.3 is 21.5 Å². The van der Waals surface area contributed by atoms with Crippen LogP contribution in [0.15, 0.2) is 12.5 Å². The molecule has 20 heteroatoms. The number of hydrogen-bond acceptors (Lipinski definition) is 10. The molecule has 0 aliphatic rings. The number of phosphoric acid groups is 2. The Labute approximate surface area is 203 Å². The van der Waals surface area contributed by atoms with Gasteiger partial charge < -0.3 is 39.2 Å². The van der Waals surface area contributed by atoms with Gasteiger partial charge in [0.25, 0.3) is 0 Å². The number of rotatable bonds is 9. The van der Waals surface area contributed by atoms with Crippen LogP contribution in [0.4, 0.5) is 5.82 Å². The molecule has 0 unspecified atom stereocenters. The van der Waals surface area contributed by atoms with E-state index >= 15 is 0 Å². The van der Waals surface area contributed by atoms with Gasteiger partial charge in [-0.05, 0) is 18.0 Å². The van der Waals surface area contributed by atoms with Crippen LogP contribution in [-0.2, 0) is 34.1 Å². The zero-order valence-corrected chi connectivity index (χ0v) is 21.6. The molecule has 5 N–H and O–H groups in total. The van der Waals surface area contributed by atoms with E-state index in [0.717, 1.165) is 19.6 Å². The van der Waals surface area contributed by atoms with Crippen LogP contribution in [0, 0.1) is 15.5 Å². The lowest BCUT2D eigenvalue weighted by Crippen LogP contribution is -2.31. The number of fused-ring (bicyclic) bond motifs is 1. The summed E-state index contributed by atoms with van der Waals surface area (Å²) in [5.41, 5.74) is 1.22. The monoisotopic (exact) mass is 551 g/mol. The average Bonchev–Trinajstić information content (AvgIpc) is 3.28. The molecule has 3 heterocycles. The molecule has 0 radical (unpaired) electrons. The van der Waals surface area contributed by atoms with Gasteiger partial charge in [-0.1, -0.05) is 13.8 Å². The SMILES string of the molecule is CCN(CC)CCn1cnc2c(c(-c3ncc([N+](=O)[O-])n3C)nn2C)c1=N.O=P(O)(O)OP(=O)(O)O. The Morgan fingerprint density at radius 2 is 1.72 bits per heavy atom. The molecule has 0 spiro atoms. The van der Waals surface area contributed by atoms with Gasteiger partial charge in [-0.15, -0.1) is 0 Å². The van der Waals surface area contributed by atoms with Crippen LogP contribution >= 0.6 is 15.6 Å². The Balaban J connectivity index is 0.000000434. The lowest BCUT2D eigenvalue weighted by molar-refractivity contribution is -0.391. The summed E-state index contributed by atoms with van der Waals surface area (Å²) in [6, 6.07) is 0. The van der Waals surface area contributed by atoms with E-state index in [4.69, 9.17) is 25.0 Å². The van der Waals surface area contributed by atoms with E-state index in [9.17, 15) is 19.2 Å². The van der Waals surface area contributed by atoms with Crippen LogP contribution in [0.3, 0.4) is 0 Å². The molecule has 0 atom stereocenters. The van der Waals surface area contributed by atoms with Gasteiger partial charge in [0, 0.05) is 20.1 Å². The minimum Gasteiger partial charge on any atom is -0.358 e. The van der Waals surface area contributed by atoms with Crippen molar-refractivity contribution in [3.63, 3.8) is 0 Å². The smallest absolute Gasteiger partial charge is 0.358 e. The molecule has 0 aliphatic heterocycles. The summed E-state index contributed by atoms with van der Waals surface area (Å²) in [5.74, 6) is 0.206. The summed E-state index contributed by atoms with van der Waals surface area (Å²) in [5, 5.41) is 24.7. The van der Waals surface area contributed by atoms with Crippen LogP contribution < -0.4 is 5.49 Å². The zero-order valence-electron chi connectivity index (χ0n) is 19.8. The van der Waals surface area contributed by atoms with E-state index in [-0.39, 0.29) is 11.3 Å². The maximum Gasteiger partial charge on any atom is 0.478 e. The molecule has 0 aromatic carbocycles. The number of aryl methyl sites for hydroxylation is 1. The first kappa shape index (κ1) is 29.4. The van der Waals surface area contributed by atoms with Gasteiger partial charge in [-0.2, -0.15) is 9.41 Å². The summed E-state index contributed by atoms with van der Waals surface area (Å²) < 4.78 is 26.9.